The normalized spacial score (nSPS) is 19.1. The Balaban J connectivity index is 1.24. The van der Waals surface area contributed by atoms with E-state index < -0.39 is 10.0 Å². The Morgan fingerprint density at radius 2 is 1.86 bits per heavy atom. The number of ether oxygens (including phenoxy) is 3. The summed E-state index contributed by atoms with van der Waals surface area (Å²) < 4.78 is 44.4. The largest absolute Gasteiger partial charge is 0.491 e. The molecule has 0 unspecified atom stereocenters. The van der Waals surface area contributed by atoms with Crippen molar-refractivity contribution in [3.05, 3.63) is 66.4 Å². The Labute approximate surface area is 217 Å². The molecule has 37 heavy (non-hydrogen) atoms. The fraction of sp³-hybridized carbons (Fsp3) is 0.407. The first kappa shape index (κ1) is 25.6. The summed E-state index contributed by atoms with van der Waals surface area (Å²) in [6, 6.07) is 16.5. The van der Waals surface area contributed by atoms with E-state index in [-0.39, 0.29) is 12.1 Å². The summed E-state index contributed by atoms with van der Waals surface area (Å²) >= 11 is 0. The fourth-order valence-corrected chi connectivity index (χ4v) is 6.16. The average Bonchev–Trinajstić information content (AvgIpc) is 3.46. The molecule has 2 aliphatic heterocycles. The van der Waals surface area contributed by atoms with Gasteiger partial charge in [-0.1, -0.05) is 24.3 Å². The molecule has 2 fully saturated rings. The minimum absolute atomic E-state index is 0.0434. The average molecular weight is 525 g/mol. The predicted molar refractivity (Wildman–Crippen MR) is 139 cm³/mol. The lowest BCUT2D eigenvalue weighted by atomic mass is 10.1. The Morgan fingerprint density at radius 3 is 2.59 bits per heavy atom. The molecule has 1 N–H and O–H groups in total. The van der Waals surface area contributed by atoms with E-state index in [1.54, 1.807) is 41.9 Å². The van der Waals surface area contributed by atoms with E-state index in [1.165, 1.54) is 0 Å². The number of benzene rings is 1. The van der Waals surface area contributed by atoms with E-state index in [1.807, 2.05) is 30.3 Å². The minimum atomic E-state index is -3.46. The lowest BCUT2D eigenvalue weighted by Crippen LogP contribution is -2.44. The highest BCUT2D eigenvalue weighted by Crippen LogP contribution is 2.31. The summed E-state index contributed by atoms with van der Waals surface area (Å²) in [5, 5.41) is 3.59. The van der Waals surface area contributed by atoms with Gasteiger partial charge in [0.1, 0.15) is 6.10 Å². The first-order valence-electron chi connectivity index (χ1n) is 12.6. The van der Waals surface area contributed by atoms with E-state index in [4.69, 9.17) is 19.2 Å². The zero-order valence-electron chi connectivity index (χ0n) is 20.9. The van der Waals surface area contributed by atoms with Crippen molar-refractivity contribution >= 4 is 10.0 Å². The Hall–Kier alpha value is -3.05. The molecule has 0 radical (unpaired) electrons. The number of hydrogen-bond donors (Lipinski definition) is 1. The molecular weight excluding hydrogens is 492 g/mol. The number of rotatable bonds is 9. The van der Waals surface area contributed by atoms with Gasteiger partial charge >= 0.3 is 0 Å². The number of sulfonamides is 1. The van der Waals surface area contributed by atoms with Crippen LogP contribution in [0.25, 0.3) is 11.4 Å². The van der Waals surface area contributed by atoms with Gasteiger partial charge in [-0.2, -0.15) is 4.31 Å². The van der Waals surface area contributed by atoms with Crippen molar-refractivity contribution < 1.29 is 22.6 Å². The predicted octanol–water partition coefficient (Wildman–Crippen LogP) is 3.26. The molecule has 1 atom stereocenters. The second-order valence-corrected chi connectivity index (χ2v) is 11.1. The molecule has 196 valence electrons. The lowest BCUT2D eigenvalue weighted by Gasteiger charge is -2.31. The zero-order chi connectivity index (χ0) is 25.7. The lowest BCUT2D eigenvalue weighted by molar-refractivity contribution is 0.135. The molecule has 3 aromatic rings. The summed E-state index contributed by atoms with van der Waals surface area (Å²) in [5.41, 5.74) is 2.49. The maximum absolute atomic E-state index is 12.9. The van der Waals surface area contributed by atoms with Crippen LogP contribution < -0.4 is 14.8 Å². The Morgan fingerprint density at radius 1 is 1.05 bits per heavy atom. The molecule has 0 bridgehead atoms. The molecule has 2 aromatic heterocycles. The molecule has 4 heterocycles. The summed E-state index contributed by atoms with van der Waals surface area (Å²) in [5.74, 6) is 1.01. The number of aromatic nitrogens is 2. The van der Waals surface area contributed by atoms with Crippen molar-refractivity contribution in [2.24, 2.45) is 0 Å². The van der Waals surface area contributed by atoms with Gasteiger partial charge in [0.25, 0.3) is 5.88 Å². The van der Waals surface area contributed by atoms with Gasteiger partial charge in [-0.25, -0.2) is 13.4 Å². The first-order chi connectivity index (χ1) is 18.0. The SMILES string of the molecule is COc1ccc(-c2ncccc2CNC2CCN(S(=O)(=O)c3ccccc3)CC2)nc1O[C@@H]1CCOC1. The van der Waals surface area contributed by atoms with Crippen molar-refractivity contribution in [1.82, 2.24) is 19.6 Å². The van der Waals surface area contributed by atoms with Gasteiger partial charge in [0.05, 0.1) is 36.6 Å². The van der Waals surface area contributed by atoms with Crippen LogP contribution in [0, 0.1) is 0 Å². The number of pyridine rings is 2. The molecular formula is C27H32N4O5S. The number of nitrogens with one attached hydrogen (secondary N) is 1. The zero-order valence-corrected chi connectivity index (χ0v) is 21.7. The van der Waals surface area contributed by atoms with Crippen molar-refractivity contribution in [3.8, 4) is 23.0 Å². The van der Waals surface area contributed by atoms with Gasteiger partial charge in [0.2, 0.25) is 10.0 Å². The van der Waals surface area contributed by atoms with E-state index in [0.717, 1.165) is 30.5 Å². The Bertz CT molecular complexity index is 1290. The van der Waals surface area contributed by atoms with Gasteiger partial charge in [-0.05, 0) is 48.7 Å². The molecule has 0 saturated carbocycles. The quantitative estimate of drug-likeness (QED) is 0.455. The molecule has 9 nitrogen and oxygen atoms in total. The molecule has 0 aliphatic carbocycles. The molecule has 2 saturated heterocycles. The van der Waals surface area contributed by atoms with Crippen LogP contribution in [-0.2, 0) is 21.3 Å². The van der Waals surface area contributed by atoms with Crippen LogP contribution >= 0.6 is 0 Å². The highest BCUT2D eigenvalue weighted by Gasteiger charge is 2.29. The van der Waals surface area contributed by atoms with Crippen LogP contribution in [0.15, 0.2) is 65.7 Å². The number of methoxy groups -OCH3 is 1. The van der Waals surface area contributed by atoms with Crippen LogP contribution in [0.1, 0.15) is 24.8 Å². The second-order valence-electron chi connectivity index (χ2n) is 9.19. The molecule has 0 spiro atoms. The van der Waals surface area contributed by atoms with Crippen molar-refractivity contribution in [3.63, 3.8) is 0 Å². The maximum atomic E-state index is 12.9. The Kier molecular flexibility index (Phi) is 7.99. The van der Waals surface area contributed by atoms with Gasteiger partial charge < -0.3 is 19.5 Å². The molecule has 1 aromatic carbocycles. The molecule has 2 aliphatic rings. The van der Waals surface area contributed by atoms with Crippen LogP contribution in [0.5, 0.6) is 11.6 Å². The summed E-state index contributed by atoms with van der Waals surface area (Å²) in [4.78, 5) is 9.68. The third kappa shape index (κ3) is 5.93. The van der Waals surface area contributed by atoms with Crippen LogP contribution in [-0.4, -0.2) is 68.2 Å². The van der Waals surface area contributed by atoms with Gasteiger partial charge in [-0.3, -0.25) is 4.98 Å². The number of hydrogen-bond acceptors (Lipinski definition) is 8. The summed E-state index contributed by atoms with van der Waals surface area (Å²) in [6.07, 6.45) is 4.01. The maximum Gasteiger partial charge on any atom is 0.257 e. The van der Waals surface area contributed by atoms with Crippen LogP contribution in [0.2, 0.25) is 0 Å². The van der Waals surface area contributed by atoms with E-state index in [2.05, 4.69) is 10.3 Å². The van der Waals surface area contributed by atoms with E-state index >= 15 is 0 Å². The van der Waals surface area contributed by atoms with Crippen LogP contribution in [0.3, 0.4) is 0 Å². The molecule has 5 rings (SSSR count). The van der Waals surface area contributed by atoms with Gasteiger partial charge in [0.15, 0.2) is 5.75 Å². The number of nitrogens with zero attached hydrogens (tertiary/aromatic N) is 3. The summed E-state index contributed by atoms with van der Waals surface area (Å²) in [7, 11) is -1.86. The fourth-order valence-electron chi connectivity index (χ4n) is 4.67. The van der Waals surface area contributed by atoms with Crippen molar-refractivity contribution in [2.45, 2.75) is 42.8 Å². The molecule has 0 amide bonds. The standard InChI is InChI=1S/C27H32N4O5S/c1-34-25-10-9-24(30-27(25)36-22-13-17-35-19-22)26-20(6-5-14-28-26)18-29-21-11-15-31(16-12-21)37(32,33)23-7-3-2-4-8-23/h2-10,14,21-22,29H,11-13,15-19H2,1H3/t22-/m1/s1. The third-order valence-electron chi connectivity index (χ3n) is 6.76. The summed E-state index contributed by atoms with van der Waals surface area (Å²) in [6.45, 7) is 2.79. The topological polar surface area (TPSA) is 103 Å². The minimum Gasteiger partial charge on any atom is -0.491 e. The van der Waals surface area contributed by atoms with Gasteiger partial charge in [0, 0.05) is 38.3 Å². The highest BCUT2D eigenvalue weighted by atomic mass is 32.2. The monoisotopic (exact) mass is 524 g/mol. The second kappa shape index (κ2) is 11.6. The first-order valence-corrected chi connectivity index (χ1v) is 14.0. The number of piperidine rings is 1. The smallest absolute Gasteiger partial charge is 0.257 e. The van der Waals surface area contributed by atoms with E-state index in [9.17, 15) is 8.42 Å². The van der Waals surface area contributed by atoms with E-state index in [0.29, 0.717) is 55.1 Å². The van der Waals surface area contributed by atoms with Crippen LogP contribution in [0.4, 0.5) is 0 Å². The van der Waals surface area contributed by atoms with Gasteiger partial charge in [-0.15, -0.1) is 0 Å². The molecule has 10 heteroatoms. The highest BCUT2D eigenvalue weighted by molar-refractivity contribution is 7.89. The van der Waals surface area contributed by atoms with Crippen molar-refractivity contribution in [1.29, 1.82) is 0 Å². The van der Waals surface area contributed by atoms with Crippen molar-refractivity contribution in [2.75, 3.05) is 33.4 Å². The third-order valence-corrected chi connectivity index (χ3v) is 8.67.